The molecule has 1 aromatic carbocycles. The van der Waals surface area contributed by atoms with Crippen LogP contribution in [-0.2, 0) is 19.1 Å². The first-order valence-corrected chi connectivity index (χ1v) is 13.0. The van der Waals surface area contributed by atoms with Crippen molar-refractivity contribution in [2.45, 2.75) is 58.0 Å². The van der Waals surface area contributed by atoms with Gasteiger partial charge in [-0.1, -0.05) is 19.4 Å². The fraction of sp³-hybridized carbons (Fsp3) is 0.517. The summed E-state index contributed by atoms with van der Waals surface area (Å²) in [4.78, 5) is 42.5. The molecule has 212 valence electrons. The van der Waals surface area contributed by atoms with E-state index in [4.69, 9.17) is 23.7 Å². The monoisotopic (exact) mass is 545 g/mol. The molecule has 9 nitrogen and oxygen atoms in total. The van der Waals surface area contributed by atoms with Crippen LogP contribution in [0.5, 0.6) is 17.2 Å². The number of rotatable bonds is 14. The van der Waals surface area contributed by atoms with Crippen LogP contribution in [0.2, 0.25) is 0 Å². The highest BCUT2D eigenvalue weighted by Gasteiger charge is 2.37. The molecule has 39 heavy (non-hydrogen) atoms. The van der Waals surface area contributed by atoms with Crippen molar-refractivity contribution < 1.29 is 42.5 Å². The third-order valence-electron chi connectivity index (χ3n) is 6.99. The normalized spacial score (nSPS) is 15.4. The van der Waals surface area contributed by atoms with Crippen LogP contribution in [0.4, 0.5) is 4.39 Å². The summed E-state index contributed by atoms with van der Waals surface area (Å²) >= 11 is 0. The van der Waals surface area contributed by atoms with E-state index in [2.05, 4.69) is 4.98 Å². The second-order valence-corrected chi connectivity index (χ2v) is 9.68. The van der Waals surface area contributed by atoms with Crippen molar-refractivity contribution in [3.63, 3.8) is 0 Å². The molecule has 1 aromatic heterocycles. The van der Waals surface area contributed by atoms with E-state index in [0.717, 1.165) is 24.8 Å². The fourth-order valence-electron chi connectivity index (χ4n) is 4.72. The Kier molecular flexibility index (Phi) is 10.8. The maximum Gasteiger partial charge on any atom is 0.313 e. The van der Waals surface area contributed by atoms with Gasteiger partial charge < -0.3 is 23.7 Å². The number of ketones is 1. The zero-order chi connectivity index (χ0) is 28.5. The van der Waals surface area contributed by atoms with Crippen molar-refractivity contribution in [2.75, 3.05) is 27.9 Å². The van der Waals surface area contributed by atoms with Gasteiger partial charge in [0.25, 0.3) is 0 Å². The number of pyridine rings is 1. The van der Waals surface area contributed by atoms with E-state index in [9.17, 15) is 18.8 Å². The standard InChI is InChI=1S/C29H36FNO8/c1-17(15-22(32)27-28(23(36-4)11-13-31-27)39-25(33)12-14-35-3)29(34)38-18(2)26(19-7-6-8-19)21-10-9-20(30)16-24(21)37-5/h9-11,13,16-19,26H,6-8,12,14-15H2,1-5H3/t17-,18+,26+/m1/s1. The van der Waals surface area contributed by atoms with Crippen molar-refractivity contribution >= 4 is 17.7 Å². The van der Waals surface area contributed by atoms with Crippen LogP contribution in [-0.4, -0.2) is 56.7 Å². The number of nitrogens with zero attached hydrogens (tertiary/aromatic N) is 1. The number of carbonyl (C=O) groups excluding carboxylic acids is 3. The molecule has 1 heterocycles. The number of esters is 2. The Morgan fingerprint density at radius 2 is 1.77 bits per heavy atom. The molecule has 0 spiro atoms. The summed E-state index contributed by atoms with van der Waals surface area (Å²) in [6.45, 7) is 3.55. The number of methoxy groups -OCH3 is 3. The molecule has 1 fully saturated rings. The lowest BCUT2D eigenvalue weighted by molar-refractivity contribution is -0.154. The number of hydrogen-bond donors (Lipinski definition) is 0. The fourth-order valence-corrected chi connectivity index (χ4v) is 4.72. The van der Waals surface area contributed by atoms with Crippen molar-refractivity contribution in [1.82, 2.24) is 4.98 Å². The summed E-state index contributed by atoms with van der Waals surface area (Å²) in [7, 11) is 4.32. The van der Waals surface area contributed by atoms with Gasteiger partial charge in [-0.2, -0.15) is 0 Å². The molecule has 2 aromatic rings. The van der Waals surface area contributed by atoms with E-state index in [-0.39, 0.29) is 48.5 Å². The minimum absolute atomic E-state index is 0.0240. The van der Waals surface area contributed by atoms with Gasteiger partial charge in [0.1, 0.15) is 17.7 Å². The molecule has 0 aliphatic heterocycles. The van der Waals surface area contributed by atoms with Crippen LogP contribution < -0.4 is 14.2 Å². The third kappa shape index (κ3) is 7.53. The van der Waals surface area contributed by atoms with Gasteiger partial charge >= 0.3 is 11.9 Å². The first-order chi connectivity index (χ1) is 18.7. The van der Waals surface area contributed by atoms with Gasteiger partial charge in [0, 0.05) is 43.3 Å². The number of halogens is 1. The Morgan fingerprint density at radius 3 is 2.38 bits per heavy atom. The van der Waals surface area contributed by atoms with Crippen molar-refractivity contribution in [3.05, 3.63) is 47.5 Å². The molecule has 1 aliphatic rings. The molecular weight excluding hydrogens is 509 g/mol. The summed E-state index contributed by atoms with van der Waals surface area (Å²) in [6, 6.07) is 5.86. The molecule has 3 rings (SSSR count). The number of ether oxygens (including phenoxy) is 5. The van der Waals surface area contributed by atoms with Crippen molar-refractivity contribution in [3.8, 4) is 17.2 Å². The topological polar surface area (TPSA) is 110 Å². The summed E-state index contributed by atoms with van der Waals surface area (Å²) in [5.74, 6) is -2.32. The molecule has 0 saturated heterocycles. The van der Waals surface area contributed by atoms with Crippen LogP contribution >= 0.6 is 0 Å². The Labute approximate surface area is 227 Å². The molecule has 3 atom stereocenters. The van der Waals surface area contributed by atoms with E-state index >= 15 is 0 Å². The SMILES string of the molecule is COCCC(=O)Oc1c(OC)ccnc1C(=O)C[C@@H](C)C(=O)O[C@@H](C)[C@H](c1ccc(F)cc1OC)C1CCC1. The van der Waals surface area contributed by atoms with Gasteiger partial charge in [-0.25, -0.2) is 9.37 Å². The average molecular weight is 546 g/mol. The molecule has 0 unspecified atom stereocenters. The van der Waals surface area contributed by atoms with Gasteiger partial charge in [0.15, 0.2) is 17.2 Å². The van der Waals surface area contributed by atoms with Crippen LogP contribution in [0, 0.1) is 17.7 Å². The Balaban J connectivity index is 1.73. The number of aromatic nitrogens is 1. The largest absolute Gasteiger partial charge is 0.496 e. The van der Waals surface area contributed by atoms with Crippen LogP contribution in [0.1, 0.15) is 67.9 Å². The van der Waals surface area contributed by atoms with E-state index < -0.39 is 35.6 Å². The molecule has 1 aliphatic carbocycles. The van der Waals surface area contributed by atoms with Gasteiger partial charge in [0.2, 0.25) is 5.75 Å². The van der Waals surface area contributed by atoms with E-state index in [1.54, 1.807) is 19.9 Å². The lowest BCUT2D eigenvalue weighted by atomic mass is 9.70. The van der Waals surface area contributed by atoms with Crippen LogP contribution in [0.3, 0.4) is 0 Å². The predicted octanol–water partition coefficient (Wildman–Crippen LogP) is 4.90. The lowest BCUT2D eigenvalue weighted by Crippen LogP contribution is -2.33. The molecule has 10 heteroatoms. The molecule has 0 N–H and O–H groups in total. The highest BCUT2D eigenvalue weighted by atomic mass is 19.1. The first kappa shape index (κ1) is 30.0. The molecule has 0 bridgehead atoms. The Morgan fingerprint density at radius 1 is 1.05 bits per heavy atom. The third-order valence-corrected chi connectivity index (χ3v) is 6.99. The number of benzene rings is 1. The lowest BCUT2D eigenvalue weighted by Gasteiger charge is -2.38. The average Bonchev–Trinajstić information content (AvgIpc) is 2.89. The minimum Gasteiger partial charge on any atom is -0.496 e. The minimum atomic E-state index is -0.804. The second kappa shape index (κ2) is 14.0. The molecule has 0 amide bonds. The summed E-state index contributed by atoms with van der Waals surface area (Å²) < 4.78 is 40.6. The molecular formula is C29H36FNO8. The van der Waals surface area contributed by atoms with E-state index in [1.165, 1.54) is 45.7 Å². The Bertz CT molecular complexity index is 1170. The second-order valence-electron chi connectivity index (χ2n) is 9.68. The van der Waals surface area contributed by atoms with Gasteiger partial charge in [-0.15, -0.1) is 0 Å². The van der Waals surface area contributed by atoms with Gasteiger partial charge in [-0.05, 0) is 31.7 Å². The zero-order valence-electron chi connectivity index (χ0n) is 23.0. The number of Topliss-reactive ketones (excluding diaryl/α,β-unsaturated/α-hetero) is 1. The van der Waals surface area contributed by atoms with Crippen molar-refractivity contribution in [1.29, 1.82) is 0 Å². The van der Waals surface area contributed by atoms with Crippen molar-refractivity contribution in [2.24, 2.45) is 11.8 Å². The zero-order valence-corrected chi connectivity index (χ0v) is 23.0. The van der Waals surface area contributed by atoms with Gasteiger partial charge in [-0.3, -0.25) is 14.4 Å². The summed E-state index contributed by atoms with van der Waals surface area (Å²) in [5, 5.41) is 0. The molecule has 0 radical (unpaired) electrons. The highest BCUT2D eigenvalue weighted by Crippen LogP contribution is 2.45. The quantitative estimate of drug-likeness (QED) is 0.242. The highest BCUT2D eigenvalue weighted by molar-refractivity contribution is 6.00. The smallest absolute Gasteiger partial charge is 0.313 e. The first-order valence-electron chi connectivity index (χ1n) is 13.0. The summed E-state index contributed by atoms with van der Waals surface area (Å²) in [5.41, 5.74) is 0.671. The maximum atomic E-state index is 13.8. The van der Waals surface area contributed by atoms with E-state index in [0.29, 0.717) is 5.75 Å². The Hall–Kier alpha value is -3.53. The predicted molar refractivity (Wildman–Crippen MR) is 140 cm³/mol. The maximum absolute atomic E-state index is 13.8. The number of carbonyl (C=O) groups is 3. The number of hydrogen-bond acceptors (Lipinski definition) is 9. The molecule has 1 saturated carbocycles. The van der Waals surface area contributed by atoms with Crippen LogP contribution in [0.15, 0.2) is 30.5 Å². The van der Waals surface area contributed by atoms with Gasteiger partial charge in [0.05, 0.1) is 33.2 Å². The summed E-state index contributed by atoms with van der Waals surface area (Å²) in [6.07, 6.45) is 3.59. The van der Waals surface area contributed by atoms with E-state index in [1.807, 2.05) is 0 Å². The van der Waals surface area contributed by atoms with Crippen LogP contribution in [0.25, 0.3) is 0 Å².